The monoisotopic (exact) mass is 429 g/mol. The first kappa shape index (κ1) is 21.8. The number of carbonyl (C=O) groups is 2. The van der Waals surface area contributed by atoms with E-state index in [1.165, 1.54) is 24.3 Å². The number of amides is 2. The molecular weight excluding hydrogens is 402 g/mol. The average Bonchev–Trinajstić information content (AvgIpc) is 2.74. The molecule has 1 heterocycles. The van der Waals surface area contributed by atoms with Crippen LogP contribution in [0.4, 0.5) is 5.69 Å². The van der Waals surface area contributed by atoms with E-state index in [1.807, 2.05) is 4.90 Å². The van der Waals surface area contributed by atoms with Crippen molar-refractivity contribution in [3.63, 3.8) is 0 Å². The molecule has 8 heteroatoms. The van der Waals surface area contributed by atoms with E-state index in [0.717, 1.165) is 25.9 Å². The smallest absolute Gasteiger partial charge is 0.261 e. The van der Waals surface area contributed by atoms with Crippen LogP contribution in [0, 0.1) is 5.92 Å². The number of hydrogen-bond acceptors (Lipinski definition) is 4. The van der Waals surface area contributed by atoms with Gasteiger partial charge in [-0.3, -0.25) is 14.3 Å². The van der Waals surface area contributed by atoms with Crippen LogP contribution in [-0.2, 0) is 14.8 Å². The molecule has 1 fully saturated rings. The van der Waals surface area contributed by atoms with Crippen LogP contribution in [0.25, 0.3) is 0 Å². The van der Waals surface area contributed by atoms with Gasteiger partial charge in [0.05, 0.1) is 4.90 Å². The number of benzene rings is 2. The number of rotatable bonds is 7. The average molecular weight is 430 g/mol. The molecule has 3 rings (SSSR count). The summed E-state index contributed by atoms with van der Waals surface area (Å²) in [6.07, 6.45) is 2.45. The topological polar surface area (TPSA) is 95.6 Å². The number of hydrogen-bond donors (Lipinski definition) is 2. The molecule has 1 unspecified atom stereocenters. The van der Waals surface area contributed by atoms with Crippen molar-refractivity contribution >= 4 is 27.5 Å². The minimum Gasteiger partial charge on any atom is -0.352 e. The van der Waals surface area contributed by atoms with E-state index >= 15 is 0 Å². The molecule has 2 aromatic rings. The highest BCUT2D eigenvalue weighted by Crippen LogP contribution is 2.17. The summed E-state index contributed by atoms with van der Waals surface area (Å²) in [5.41, 5.74) is 0.765. The van der Waals surface area contributed by atoms with Gasteiger partial charge in [-0.25, -0.2) is 8.42 Å². The lowest BCUT2D eigenvalue weighted by molar-refractivity contribution is -0.132. The van der Waals surface area contributed by atoms with E-state index in [4.69, 9.17) is 0 Å². The highest BCUT2D eigenvalue weighted by Gasteiger charge is 2.20. The van der Waals surface area contributed by atoms with Gasteiger partial charge in [0.15, 0.2) is 0 Å². The molecule has 0 saturated carbocycles. The molecule has 0 aromatic heterocycles. The van der Waals surface area contributed by atoms with Crippen LogP contribution < -0.4 is 10.0 Å². The zero-order valence-electron chi connectivity index (χ0n) is 17.0. The molecule has 30 heavy (non-hydrogen) atoms. The zero-order valence-corrected chi connectivity index (χ0v) is 17.8. The van der Waals surface area contributed by atoms with Gasteiger partial charge in [0.1, 0.15) is 0 Å². The van der Waals surface area contributed by atoms with Gasteiger partial charge in [-0.2, -0.15) is 0 Å². The number of nitrogens with one attached hydrogen (secondary N) is 2. The quantitative estimate of drug-likeness (QED) is 0.707. The van der Waals surface area contributed by atoms with Gasteiger partial charge < -0.3 is 10.2 Å². The van der Waals surface area contributed by atoms with Gasteiger partial charge in [-0.1, -0.05) is 25.1 Å². The van der Waals surface area contributed by atoms with E-state index in [-0.39, 0.29) is 29.7 Å². The summed E-state index contributed by atoms with van der Waals surface area (Å²) < 4.78 is 27.2. The fraction of sp³-hybridized carbons (Fsp3) is 0.364. The van der Waals surface area contributed by atoms with Crippen molar-refractivity contribution in [1.29, 1.82) is 0 Å². The Morgan fingerprint density at radius 2 is 1.77 bits per heavy atom. The highest BCUT2D eigenvalue weighted by molar-refractivity contribution is 7.92. The largest absolute Gasteiger partial charge is 0.352 e. The maximum Gasteiger partial charge on any atom is 0.261 e. The number of likely N-dealkylation sites (tertiary alicyclic amines) is 1. The fourth-order valence-corrected chi connectivity index (χ4v) is 4.54. The van der Waals surface area contributed by atoms with E-state index < -0.39 is 10.0 Å². The van der Waals surface area contributed by atoms with E-state index in [9.17, 15) is 18.0 Å². The third-order valence-corrected chi connectivity index (χ3v) is 6.48. The molecule has 0 bridgehead atoms. The molecule has 1 saturated heterocycles. The number of nitrogens with zero attached hydrogens (tertiary/aromatic N) is 1. The molecule has 0 aliphatic carbocycles. The molecule has 2 aromatic carbocycles. The second kappa shape index (κ2) is 9.75. The summed E-state index contributed by atoms with van der Waals surface area (Å²) in [4.78, 5) is 26.6. The van der Waals surface area contributed by atoms with Gasteiger partial charge >= 0.3 is 0 Å². The fourth-order valence-electron chi connectivity index (χ4n) is 3.46. The Bertz CT molecular complexity index is 975. The number of anilines is 1. The van der Waals surface area contributed by atoms with Crippen LogP contribution in [0.3, 0.4) is 0 Å². The van der Waals surface area contributed by atoms with Crippen LogP contribution in [-0.4, -0.2) is 44.8 Å². The molecule has 7 nitrogen and oxygen atoms in total. The van der Waals surface area contributed by atoms with Gasteiger partial charge in [-0.15, -0.1) is 0 Å². The summed E-state index contributed by atoms with van der Waals surface area (Å²) in [5.74, 6) is 0.287. The van der Waals surface area contributed by atoms with Crippen LogP contribution in [0.5, 0.6) is 0 Å². The summed E-state index contributed by atoms with van der Waals surface area (Å²) >= 11 is 0. The number of sulfonamides is 1. The minimum atomic E-state index is -3.68. The van der Waals surface area contributed by atoms with Gasteiger partial charge in [-0.05, 0) is 55.2 Å². The van der Waals surface area contributed by atoms with Gasteiger partial charge in [0.25, 0.3) is 15.9 Å². The number of carbonyl (C=O) groups excluding carboxylic acids is 2. The van der Waals surface area contributed by atoms with E-state index in [1.54, 1.807) is 30.3 Å². The first-order valence-corrected chi connectivity index (χ1v) is 11.6. The van der Waals surface area contributed by atoms with Crippen molar-refractivity contribution in [3.8, 4) is 0 Å². The minimum absolute atomic E-state index is 0.0625. The Balaban J connectivity index is 1.49. The van der Waals surface area contributed by atoms with Crippen molar-refractivity contribution in [3.05, 3.63) is 60.2 Å². The Morgan fingerprint density at radius 3 is 2.43 bits per heavy atom. The second-order valence-electron chi connectivity index (χ2n) is 7.59. The second-order valence-corrected chi connectivity index (χ2v) is 9.27. The van der Waals surface area contributed by atoms with Crippen molar-refractivity contribution in [2.45, 2.75) is 31.1 Å². The molecule has 1 atom stereocenters. The molecule has 0 radical (unpaired) electrons. The van der Waals surface area contributed by atoms with Crippen molar-refractivity contribution in [2.24, 2.45) is 5.92 Å². The molecule has 1 aliphatic rings. The maximum atomic E-state index is 12.4. The third kappa shape index (κ3) is 5.82. The molecular formula is C22H27N3O4S. The first-order valence-electron chi connectivity index (χ1n) is 10.1. The molecule has 160 valence electrons. The summed E-state index contributed by atoms with van der Waals surface area (Å²) in [6.45, 7) is 3.99. The lowest BCUT2D eigenvalue weighted by atomic mass is 10.00. The van der Waals surface area contributed by atoms with Crippen LogP contribution in [0.2, 0.25) is 0 Å². The standard InChI is InChI=1S/C22H27N3O4S/c1-17-6-5-15-25(16-17)21(26)13-14-23-22(27)18-9-11-19(12-10-18)24-30(28,29)20-7-3-2-4-8-20/h2-4,7-12,17,24H,5-6,13-16H2,1H3,(H,23,27). The predicted octanol–water partition coefficient (Wildman–Crippen LogP) is 2.87. The Kier molecular flexibility index (Phi) is 7.10. The number of piperidine rings is 1. The predicted molar refractivity (Wildman–Crippen MR) is 116 cm³/mol. The lowest BCUT2D eigenvalue weighted by Gasteiger charge is -2.31. The Labute approximate surface area is 177 Å². The first-order chi connectivity index (χ1) is 14.3. The van der Waals surface area contributed by atoms with E-state index in [0.29, 0.717) is 17.2 Å². The Morgan fingerprint density at radius 1 is 1.07 bits per heavy atom. The summed E-state index contributed by atoms with van der Waals surface area (Å²) in [5, 5.41) is 2.75. The van der Waals surface area contributed by atoms with Gasteiger partial charge in [0, 0.05) is 37.3 Å². The zero-order chi connectivity index (χ0) is 21.6. The van der Waals surface area contributed by atoms with Crippen LogP contribution >= 0.6 is 0 Å². The molecule has 1 aliphatic heterocycles. The molecule has 0 spiro atoms. The lowest BCUT2D eigenvalue weighted by Crippen LogP contribution is -2.40. The molecule has 2 amide bonds. The van der Waals surface area contributed by atoms with Gasteiger partial charge in [0.2, 0.25) is 5.91 Å². The van der Waals surface area contributed by atoms with E-state index in [2.05, 4.69) is 17.0 Å². The van der Waals surface area contributed by atoms with Crippen molar-refractivity contribution in [1.82, 2.24) is 10.2 Å². The maximum absolute atomic E-state index is 12.4. The Hall–Kier alpha value is -2.87. The van der Waals surface area contributed by atoms with Crippen molar-refractivity contribution < 1.29 is 18.0 Å². The highest BCUT2D eigenvalue weighted by atomic mass is 32.2. The van der Waals surface area contributed by atoms with Crippen molar-refractivity contribution in [2.75, 3.05) is 24.4 Å². The summed E-state index contributed by atoms with van der Waals surface area (Å²) in [7, 11) is -3.68. The van der Waals surface area contributed by atoms with Crippen LogP contribution in [0.15, 0.2) is 59.5 Å². The van der Waals surface area contributed by atoms with Crippen LogP contribution in [0.1, 0.15) is 36.5 Å². The normalized spacial score (nSPS) is 16.7. The SMILES string of the molecule is CC1CCCN(C(=O)CCNC(=O)c2ccc(NS(=O)(=O)c3ccccc3)cc2)C1. The third-order valence-electron chi connectivity index (χ3n) is 5.09. The summed E-state index contributed by atoms with van der Waals surface area (Å²) in [6, 6.07) is 14.2. The molecule has 2 N–H and O–H groups in total.